The number of alkyl halides is 3. The summed E-state index contributed by atoms with van der Waals surface area (Å²) in [7, 11) is 0. The van der Waals surface area contributed by atoms with Crippen LogP contribution in [0.1, 0.15) is 53.1 Å². The van der Waals surface area contributed by atoms with Gasteiger partial charge in [-0.3, -0.25) is 4.79 Å². The molecule has 0 amide bonds. The van der Waals surface area contributed by atoms with Crippen molar-refractivity contribution in [3.05, 3.63) is 110 Å². The van der Waals surface area contributed by atoms with Gasteiger partial charge in [-0.15, -0.1) is 0 Å². The highest BCUT2D eigenvalue weighted by Gasteiger charge is 2.35. The quantitative estimate of drug-likeness (QED) is 0.280. The summed E-state index contributed by atoms with van der Waals surface area (Å²) in [4.78, 5) is 13.2. The van der Waals surface area contributed by atoms with Crippen molar-refractivity contribution in [1.29, 1.82) is 0 Å². The Morgan fingerprint density at radius 2 is 1.66 bits per heavy atom. The second-order valence-electron chi connectivity index (χ2n) is 9.99. The predicted octanol–water partition coefficient (Wildman–Crippen LogP) is 8.01. The summed E-state index contributed by atoms with van der Waals surface area (Å²) < 4.78 is 48.9. The van der Waals surface area contributed by atoms with Gasteiger partial charge in [-0.25, -0.2) is 0 Å². The van der Waals surface area contributed by atoms with Gasteiger partial charge in [0, 0.05) is 0 Å². The molecule has 198 valence electrons. The summed E-state index contributed by atoms with van der Waals surface area (Å²) in [6.07, 6.45) is -4.77. The zero-order valence-corrected chi connectivity index (χ0v) is 22.1. The molecule has 0 aliphatic rings. The standard InChI is InChI=1S/C31H31F3N2O2/c1-18(2)22-7-6-8-25(15-22)38-28-12-11-23(14-21(28)5)27-16-26(31(32,33)34)29(35)30(37)36(27)17-24-10-9-19(3)13-20(24)4/h6-16,18H,17,35H2,1-5H3. The fourth-order valence-corrected chi connectivity index (χ4v) is 4.47. The summed E-state index contributed by atoms with van der Waals surface area (Å²) in [5.41, 5.74) is 8.15. The van der Waals surface area contributed by atoms with Crippen LogP contribution in [-0.2, 0) is 12.7 Å². The molecular weight excluding hydrogens is 489 g/mol. The van der Waals surface area contributed by atoms with Crippen molar-refractivity contribution < 1.29 is 17.9 Å². The summed E-state index contributed by atoms with van der Waals surface area (Å²) >= 11 is 0. The van der Waals surface area contributed by atoms with Gasteiger partial charge in [0.15, 0.2) is 0 Å². The number of nitrogens with two attached hydrogens (primary N) is 1. The minimum Gasteiger partial charge on any atom is -0.457 e. The van der Waals surface area contributed by atoms with Crippen LogP contribution in [0.3, 0.4) is 0 Å². The van der Waals surface area contributed by atoms with Crippen LogP contribution in [0.15, 0.2) is 71.5 Å². The smallest absolute Gasteiger partial charge is 0.418 e. The Morgan fingerprint density at radius 3 is 2.29 bits per heavy atom. The molecule has 7 heteroatoms. The van der Waals surface area contributed by atoms with Gasteiger partial charge in [-0.2, -0.15) is 13.2 Å². The normalized spacial score (nSPS) is 11.7. The first-order valence-electron chi connectivity index (χ1n) is 12.4. The maximum Gasteiger partial charge on any atom is 0.418 e. The molecule has 3 aromatic carbocycles. The lowest BCUT2D eigenvalue weighted by atomic mass is 10.0. The Morgan fingerprint density at radius 1 is 0.921 bits per heavy atom. The predicted molar refractivity (Wildman–Crippen MR) is 146 cm³/mol. The van der Waals surface area contributed by atoms with Crippen molar-refractivity contribution in [2.75, 3.05) is 5.73 Å². The first kappa shape index (κ1) is 27.0. The number of ether oxygens (including phenoxy) is 1. The van der Waals surface area contributed by atoms with Crippen LogP contribution in [0.4, 0.5) is 18.9 Å². The van der Waals surface area contributed by atoms with Gasteiger partial charge in [-0.1, -0.05) is 49.7 Å². The molecule has 0 spiro atoms. The molecule has 38 heavy (non-hydrogen) atoms. The highest BCUT2D eigenvalue weighted by molar-refractivity contribution is 5.67. The van der Waals surface area contributed by atoms with Crippen LogP contribution in [0.2, 0.25) is 0 Å². The van der Waals surface area contributed by atoms with Gasteiger partial charge < -0.3 is 15.0 Å². The molecule has 1 heterocycles. The summed E-state index contributed by atoms with van der Waals surface area (Å²) in [6, 6.07) is 19.6. The third-order valence-corrected chi connectivity index (χ3v) is 6.69. The van der Waals surface area contributed by atoms with E-state index in [1.165, 1.54) is 4.57 Å². The number of rotatable bonds is 6. The molecule has 0 saturated carbocycles. The number of pyridine rings is 1. The lowest BCUT2D eigenvalue weighted by molar-refractivity contribution is -0.137. The highest BCUT2D eigenvalue weighted by atomic mass is 19.4. The Balaban J connectivity index is 1.81. The number of nitrogens with zero attached hydrogens (tertiary/aromatic N) is 1. The fraction of sp³-hybridized carbons (Fsp3) is 0.258. The molecule has 4 aromatic rings. The number of halogens is 3. The van der Waals surface area contributed by atoms with Crippen LogP contribution >= 0.6 is 0 Å². The average Bonchev–Trinajstić information content (AvgIpc) is 2.84. The number of benzene rings is 3. The number of aromatic nitrogens is 1. The van der Waals surface area contributed by atoms with Crippen molar-refractivity contribution in [2.45, 2.75) is 53.3 Å². The molecule has 0 radical (unpaired) electrons. The SMILES string of the molecule is Cc1ccc(Cn2c(-c3ccc(Oc4cccc(C(C)C)c4)c(C)c3)cc(C(F)(F)F)c(N)c2=O)c(C)c1. The second kappa shape index (κ2) is 10.4. The van der Waals surface area contributed by atoms with Gasteiger partial charge in [0.05, 0.1) is 17.8 Å². The van der Waals surface area contributed by atoms with Crippen LogP contribution in [0.5, 0.6) is 11.5 Å². The van der Waals surface area contributed by atoms with Crippen molar-refractivity contribution >= 4 is 5.69 Å². The van der Waals surface area contributed by atoms with Crippen molar-refractivity contribution in [2.24, 2.45) is 0 Å². The molecule has 0 aliphatic heterocycles. The summed E-state index contributed by atoms with van der Waals surface area (Å²) in [5.74, 6) is 1.58. The monoisotopic (exact) mass is 520 g/mol. The number of aryl methyl sites for hydroxylation is 3. The van der Waals surface area contributed by atoms with E-state index in [0.717, 1.165) is 28.3 Å². The minimum absolute atomic E-state index is 0.0852. The van der Waals surface area contributed by atoms with E-state index in [1.54, 1.807) is 18.2 Å². The number of hydrogen-bond donors (Lipinski definition) is 1. The molecule has 4 nitrogen and oxygen atoms in total. The highest BCUT2D eigenvalue weighted by Crippen LogP contribution is 2.36. The van der Waals surface area contributed by atoms with Gasteiger partial charge in [0.2, 0.25) is 0 Å². The van der Waals surface area contributed by atoms with E-state index in [0.29, 0.717) is 28.5 Å². The van der Waals surface area contributed by atoms with Gasteiger partial charge >= 0.3 is 6.18 Å². The molecule has 1 aromatic heterocycles. The van der Waals surface area contributed by atoms with E-state index in [2.05, 4.69) is 13.8 Å². The zero-order chi connectivity index (χ0) is 27.8. The van der Waals surface area contributed by atoms with E-state index < -0.39 is 23.0 Å². The molecule has 0 fully saturated rings. The Kier molecular flexibility index (Phi) is 7.40. The van der Waals surface area contributed by atoms with E-state index >= 15 is 0 Å². The topological polar surface area (TPSA) is 57.2 Å². The van der Waals surface area contributed by atoms with Crippen molar-refractivity contribution in [3.8, 4) is 22.8 Å². The van der Waals surface area contributed by atoms with Crippen molar-refractivity contribution in [3.63, 3.8) is 0 Å². The molecule has 0 atom stereocenters. The Labute approximate surface area is 220 Å². The van der Waals surface area contributed by atoms with Gasteiger partial charge in [0.25, 0.3) is 5.56 Å². The van der Waals surface area contributed by atoms with E-state index in [-0.39, 0.29) is 12.2 Å². The Hall–Kier alpha value is -4.00. The lowest BCUT2D eigenvalue weighted by Gasteiger charge is -2.20. The molecule has 2 N–H and O–H groups in total. The third-order valence-electron chi connectivity index (χ3n) is 6.69. The van der Waals surface area contributed by atoms with Gasteiger partial charge in [-0.05, 0) is 90.9 Å². The maximum absolute atomic E-state index is 13.8. The van der Waals surface area contributed by atoms with E-state index in [1.807, 2.05) is 63.2 Å². The first-order valence-corrected chi connectivity index (χ1v) is 12.4. The van der Waals surface area contributed by atoms with Crippen LogP contribution < -0.4 is 16.0 Å². The number of nitrogen functional groups attached to an aromatic ring is 1. The molecule has 4 rings (SSSR count). The molecule has 0 unspecified atom stereocenters. The average molecular weight is 521 g/mol. The third kappa shape index (κ3) is 5.62. The first-order chi connectivity index (χ1) is 17.8. The molecule has 0 bridgehead atoms. The number of anilines is 1. The summed E-state index contributed by atoms with van der Waals surface area (Å²) in [6.45, 7) is 9.96. The molecular formula is C31H31F3N2O2. The van der Waals surface area contributed by atoms with Crippen LogP contribution in [0, 0.1) is 20.8 Å². The Bertz CT molecular complexity index is 1550. The van der Waals surface area contributed by atoms with Crippen molar-refractivity contribution in [1.82, 2.24) is 4.57 Å². The van der Waals surface area contributed by atoms with E-state index in [4.69, 9.17) is 10.5 Å². The van der Waals surface area contributed by atoms with Crippen LogP contribution in [-0.4, -0.2) is 4.57 Å². The zero-order valence-electron chi connectivity index (χ0n) is 22.1. The maximum atomic E-state index is 13.8. The molecule has 0 aliphatic carbocycles. The summed E-state index contributed by atoms with van der Waals surface area (Å²) in [5, 5.41) is 0. The number of hydrogen-bond acceptors (Lipinski definition) is 3. The fourth-order valence-electron chi connectivity index (χ4n) is 4.47. The largest absolute Gasteiger partial charge is 0.457 e. The molecule has 0 saturated heterocycles. The minimum atomic E-state index is -4.77. The van der Waals surface area contributed by atoms with E-state index in [9.17, 15) is 18.0 Å². The van der Waals surface area contributed by atoms with Crippen LogP contribution in [0.25, 0.3) is 11.3 Å². The lowest BCUT2D eigenvalue weighted by Crippen LogP contribution is -2.29. The van der Waals surface area contributed by atoms with Gasteiger partial charge in [0.1, 0.15) is 17.2 Å². The second-order valence-corrected chi connectivity index (χ2v) is 9.99.